The van der Waals surface area contributed by atoms with Crippen molar-refractivity contribution in [2.24, 2.45) is 0 Å². The third-order valence-corrected chi connectivity index (χ3v) is 7.14. The zero-order valence-electron chi connectivity index (χ0n) is 19.9. The number of amides is 2. The Hall–Kier alpha value is -2.82. The minimum absolute atomic E-state index is 0.00147. The average molecular weight is 449 g/mol. The maximum absolute atomic E-state index is 14.0. The molecule has 1 heterocycles. The van der Waals surface area contributed by atoms with Crippen LogP contribution in [-0.4, -0.2) is 53.9 Å². The molecule has 5 nitrogen and oxygen atoms in total. The van der Waals surface area contributed by atoms with Gasteiger partial charge in [-0.2, -0.15) is 0 Å². The van der Waals surface area contributed by atoms with Gasteiger partial charge in [0.15, 0.2) is 0 Å². The molecule has 1 unspecified atom stereocenters. The third kappa shape index (κ3) is 5.23. The molecule has 1 aliphatic heterocycles. The number of carbonyl (C=O) groups excluding carboxylic acids is 2. The summed E-state index contributed by atoms with van der Waals surface area (Å²) in [5.74, 6) is 0.702. The Balaban J connectivity index is 1.68. The molecule has 33 heavy (non-hydrogen) atoms. The first-order valence-corrected chi connectivity index (χ1v) is 12.5. The molecule has 2 aliphatic rings. The number of nitrogens with zero attached hydrogens (tertiary/aromatic N) is 2. The first-order valence-electron chi connectivity index (χ1n) is 12.5. The van der Waals surface area contributed by atoms with Crippen LogP contribution in [0.3, 0.4) is 0 Å². The van der Waals surface area contributed by atoms with Gasteiger partial charge in [-0.05, 0) is 56.2 Å². The van der Waals surface area contributed by atoms with Crippen molar-refractivity contribution < 1.29 is 14.3 Å². The molecule has 0 N–H and O–H groups in total. The Bertz CT molecular complexity index is 945. The van der Waals surface area contributed by atoms with Gasteiger partial charge in [-0.1, -0.05) is 55.8 Å². The maximum Gasteiger partial charge on any atom is 0.257 e. The molecule has 3 atom stereocenters. The number of fused-ring (bicyclic) bond motifs is 2. The van der Waals surface area contributed by atoms with Gasteiger partial charge in [0.1, 0.15) is 11.9 Å². The molecule has 0 aromatic heterocycles. The molecule has 0 radical (unpaired) electrons. The molecule has 0 saturated heterocycles. The van der Waals surface area contributed by atoms with Crippen molar-refractivity contribution in [3.63, 3.8) is 0 Å². The lowest BCUT2D eigenvalue weighted by molar-refractivity contribution is -0.138. The number of carbonyl (C=O) groups is 2. The lowest BCUT2D eigenvalue weighted by Gasteiger charge is -2.42. The fourth-order valence-corrected chi connectivity index (χ4v) is 5.30. The Labute approximate surface area is 197 Å². The molecule has 1 fully saturated rings. The largest absolute Gasteiger partial charge is 0.487 e. The zero-order valence-corrected chi connectivity index (χ0v) is 19.9. The second-order valence-electron chi connectivity index (χ2n) is 9.34. The van der Waals surface area contributed by atoms with Gasteiger partial charge < -0.3 is 14.5 Å². The summed E-state index contributed by atoms with van der Waals surface area (Å²) in [5.41, 5.74) is 1.69. The molecule has 2 aromatic carbocycles. The van der Waals surface area contributed by atoms with E-state index in [0.29, 0.717) is 24.4 Å². The molecular weight excluding hydrogens is 412 g/mol. The first kappa shape index (κ1) is 23.3. The molecule has 1 saturated carbocycles. The highest BCUT2D eigenvalue weighted by atomic mass is 16.5. The van der Waals surface area contributed by atoms with Gasteiger partial charge in [-0.25, -0.2) is 0 Å². The highest BCUT2D eigenvalue weighted by molar-refractivity contribution is 5.96. The van der Waals surface area contributed by atoms with Crippen molar-refractivity contribution >= 4 is 11.8 Å². The third-order valence-electron chi connectivity index (χ3n) is 7.14. The molecule has 1 aliphatic carbocycles. The number of hydrogen-bond acceptors (Lipinski definition) is 3. The second kappa shape index (κ2) is 10.9. The SMILES string of the molecule is CCC(C(=O)N1CCCCN(C)C(=O)c2ccccc2O[C@H]2CCCC[C@H]21)c1ccccc1. The van der Waals surface area contributed by atoms with E-state index in [-0.39, 0.29) is 29.9 Å². The summed E-state index contributed by atoms with van der Waals surface area (Å²) in [6.45, 7) is 3.47. The van der Waals surface area contributed by atoms with Crippen molar-refractivity contribution in [3.05, 3.63) is 65.7 Å². The van der Waals surface area contributed by atoms with E-state index in [1.165, 1.54) is 0 Å². The van der Waals surface area contributed by atoms with Crippen LogP contribution in [-0.2, 0) is 4.79 Å². The predicted molar refractivity (Wildman–Crippen MR) is 130 cm³/mol. The monoisotopic (exact) mass is 448 g/mol. The summed E-state index contributed by atoms with van der Waals surface area (Å²) in [7, 11) is 1.85. The van der Waals surface area contributed by atoms with Crippen LogP contribution in [0.15, 0.2) is 54.6 Å². The van der Waals surface area contributed by atoms with Crippen LogP contribution >= 0.6 is 0 Å². The van der Waals surface area contributed by atoms with E-state index in [4.69, 9.17) is 4.74 Å². The highest BCUT2D eigenvalue weighted by Gasteiger charge is 2.37. The number of rotatable bonds is 3. The minimum Gasteiger partial charge on any atom is -0.487 e. The summed E-state index contributed by atoms with van der Waals surface area (Å²) >= 11 is 0. The quantitative estimate of drug-likeness (QED) is 0.643. The molecular formula is C28H36N2O3. The van der Waals surface area contributed by atoms with Crippen molar-refractivity contribution in [2.75, 3.05) is 20.1 Å². The summed E-state index contributed by atoms with van der Waals surface area (Å²) < 4.78 is 6.55. The summed E-state index contributed by atoms with van der Waals surface area (Å²) in [4.78, 5) is 30.9. The Kier molecular flexibility index (Phi) is 7.69. The van der Waals surface area contributed by atoms with Crippen molar-refractivity contribution in [1.82, 2.24) is 9.80 Å². The van der Waals surface area contributed by atoms with E-state index in [1.807, 2.05) is 49.5 Å². The van der Waals surface area contributed by atoms with E-state index in [1.54, 1.807) is 4.90 Å². The van der Waals surface area contributed by atoms with Crippen molar-refractivity contribution in [2.45, 2.75) is 69.9 Å². The zero-order chi connectivity index (χ0) is 23.2. The fraction of sp³-hybridized carbons (Fsp3) is 0.500. The topological polar surface area (TPSA) is 49.9 Å². The van der Waals surface area contributed by atoms with Gasteiger partial charge in [-0.15, -0.1) is 0 Å². The maximum atomic E-state index is 14.0. The number of benzene rings is 2. The van der Waals surface area contributed by atoms with Gasteiger partial charge in [0.2, 0.25) is 5.91 Å². The number of para-hydroxylation sites is 1. The van der Waals surface area contributed by atoms with E-state index in [2.05, 4.69) is 24.0 Å². The molecule has 4 rings (SSSR count). The van der Waals surface area contributed by atoms with E-state index < -0.39 is 0 Å². The van der Waals surface area contributed by atoms with Crippen LogP contribution in [0.1, 0.15) is 73.7 Å². The lowest BCUT2D eigenvalue weighted by atomic mass is 9.88. The van der Waals surface area contributed by atoms with Gasteiger partial charge in [0.05, 0.1) is 17.5 Å². The summed E-state index contributed by atoms with van der Waals surface area (Å²) in [5, 5.41) is 0. The van der Waals surface area contributed by atoms with Gasteiger partial charge in [0.25, 0.3) is 5.91 Å². The van der Waals surface area contributed by atoms with Crippen molar-refractivity contribution in [1.29, 1.82) is 0 Å². The molecule has 2 aromatic rings. The summed E-state index contributed by atoms with van der Waals surface area (Å²) in [6.07, 6.45) is 6.43. The summed E-state index contributed by atoms with van der Waals surface area (Å²) in [6, 6.07) is 17.7. The number of hydrogen-bond donors (Lipinski definition) is 0. The fourth-order valence-electron chi connectivity index (χ4n) is 5.30. The normalized spacial score (nSPS) is 22.8. The molecule has 5 heteroatoms. The van der Waals surface area contributed by atoms with E-state index in [9.17, 15) is 9.59 Å². The van der Waals surface area contributed by atoms with Crippen molar-refractivity contribution in [3.8, 4) is 5.75 Å². The molecule has 2 amide bonds. The molecule has 176 valence electrons. The van der Waals surface area contributed by atoms with Crippen LogP contribution in [0.2, 0.25) is 0 Å². The highest BCUT2D eigenvalue weighted by Crippen LogP contribution is 2.33. The lowest BCUT2D eigenvalue weighted by Crippen LogP contribution is -2.52. The van der Waals surface area contributed by atoms with Crippen LogP contribution in [0.4, 0.5) is 0 Å². The molecule has 0 spiro atoms. The predicted octanol–water partition coefficient (Wildman–Crippen LogP) is 5.26. The van der Waals surface area contributed by atoms with E-state index >= 15 is 0 Å². The van der Waals surface area contributed by atoms with Crippen LogP contribution in [0.5, 0.6) is 5.75 Å². The van der Waals surface area contributed by atoms with Crippen LogP contribution < -0.4 is 4.74 Å². The van der Waals surface area contributed by atoms with Crippen LogP contribution in [0.25, 0.3) is 0 Å². The van der Waals surface area contributed by atoms with Gasteiger partial charge >= 0.3 is 0 Å². The Morgan fingerprint density at radius 3 is 2.45 bits per heavy atom. The standard InChI is InChI=1S/C28H36N2O3/c1-3-22(21-13-5-4-6-14-21)28(32)30-20-12-11-19-29(2)27(31)23-15-7-9-17-25(23)33-26-18-10-8-16-24(26)30/h4-7,9,13-15,17,22,24,26H,3,8,10-12,16,18-20H2,1-2H3/t22?,24-,26+/m1/s1. The second-order valence-corrected chi connectivity index (χ2v) is 9.34. The van der Waals surface area contributed by atoms with E-state index in [0.717, 1.165) is 50.5 Å². The van der Waals surface area contributed by atoms with Gasteiger partial charge in [-0.3, -0.25) is 9.59 Å². The minimum atomic E-state index is -0.141. The van der Waals surface area contributed by atoms with Gasteiger partial charge in [0, 0.05) is 20.1 Å². The smallest absolute Gasteiger partial charge is 0.257 e. The number of ether oxygens (including phenoxy) is 1. The first-order chi connectivity index (χ1) is 16.1. The molecule has 0 bridgehead atoms. The Morgan fingerprint density at radius 2 is 1.67 bits per heavy atom. The Morgan fingerprint density at radius 1 is 0.970 bits per heavy atom. The average Bonchev–Trinajstić information content (AvgIpc) is 2.85. The van der Waals surface area contributed by atoms with Crippen LogP contribution in [0, 0.1) is 0 Å².